The van der Waals surface area contributed by atoms with E-state index in [4.69, 9.17) is 9.84 Å². The Morgan fingerprint density at radius 1 is 1.00 bits per heavy atom. The lowest BCUT2D eigenvalue weighted by Gasteiger charge is -2.21. The van der Waals surface area contributed by atoms with E-state index < -0.39 is 11.4 Å². The zero-order valence-corrected chi connectivity index (χ0v) is 13.7. The summed E-state index contributed by atoms with van der Waals surface area (Å²) in [5.74, 6) is -0.824. The van der Waals surface area contributed by atoms with Crippen molar-refractivity contribution in [3.63, 3.8) is 0 Å². The van der Waals surface area contributed by atoms with Crippen molar-refractivity contribution in [2.75, 3.05) is 0 Å². The van der Waals surface area contributed by atoms with E-state index in [2.05, 4.69) is 0 Å². The van der Waals surface area contributed by atoms with Gasteiger partial charge in [-0.1, -0.05) is 13.8 Å². The van der Waals surface area contributed by atoms with Crippen molar-refractivity contribution >= 4 is 11.9 Å². The lowest BCUT2D eigenvalue weighted by molar-refractivity contribution is -0.158. The zero-order valence-electron chi connectivity index (χ0n) is 13.7. The van der Waals surface area contributed by atoms with E-state index >= 15 is 0 Å². The molecule has 0 amide bonds. The van der Waals surface area contributed by atoms with Gasteiger partial charge < -0.3 is 9.84 Å². The maximum Gasteiger partial charge on any atom is 0.311 e. The van der Waals surface area contributed by atoms with E-state index in [0.717, 1.165) is 6.42 Å². The van der Waals surface area contributed by atoms with Crippen molar-refractivity contribution in [2.24, 2.45) is 10.8 Å². The third kappa shape index (κ3) is 8.62. The van der Waals surface area contributed by atoms with Crippen molar-refractivity contribution in [3.05, 3.63) is 0 Å². The van der Waals surface area contributed by atoms with Gasteiger partial charge in [0.25, 0.3) is 0 Å². The lowest BCUT2D eigenvalue weighted by atomic mass is 9.91. The second-order valence-electron chi connectivity index (χ2n) is 6.23. The molecule has 0 rings (SSSR count). The van der Waals surface area contributed by atoms with E-state index in [1.807, 2.05) is 41.5 Å². The molecule has 1 N–H and O–H groups in total. The molecule has 114 valence electrons. The molecule has 0 aromatic rings. The summed E-state index contributed by atoms with van der Waals surface area (Å²) in [5.41, 5.74) is -0.871. The number of hydrogen-bond donors (Lipinski definition) is 1. The Balaban J connectivity index is 0. The highest BCUT2D eigenvalue weighted by molar-refractivity contribution is 5.75. The standard InChI is InChI=1S/C9H18O2.C6H12O2/c1-6-9(4,5)8(10)11-7(2)3;1-4-6(2,3)5(7)8/h7H,6H2,1-5H3;4H2,1-3H3,(H,7,8). The van der Waals surface area contributed by atoms with Gasteiger partial charge in [-0.15, -0.1) is 0 Å². The van der Waals surface area contributed by atoms with Gasteiger partial charge in [0, 0.05) is 0 Å². The summed E-state index contributed by atoms with van der Waals surface area (Å²) in [7, 11) is 0. The number of ether oxygens (including phenoxy) is 1. The summed E-state index contributed by atoms with van der Waals surface area (Å²) in [4.78, 5) is 21.5. The molecule has 0 fully saturated rings. The van der Waals surface area contributed by atoms with Gasteiger partial charge in [-0.25, -0.2) is 0 Å². The third-order valence-corrected chi connectivity index (χ3v) is 3.24. The Kier molecular flexibility index (Phi) is 8.72. The summed E-state index contributed by atoms with van der Waals surface area (Å²) in [6, 6.07) is 0. The van der Waals surface area contributed by atoms with Crippen LogP contribution >= 0.6 is 0 Å². The summed E-state index contributed by atoms with van der Waals surface area (Å²) in [6.45, 7) is 14.8. The number of esters is 1. The van der Waals surface area contributed by atoms with Gasteiger partial charge in [-0.2, -0.15) is 0 Å². The van der Waals surface area contributed by atoms with E-state index in [9.17, 15) is 9.59 Å². The van der Waals surface area contributed by atoms with Crippen LogP contribution < -0.4 is 0 Å². The van der Waals surface area contributed by atoms with Crippen molar-refractivity contribution < 1.29 is 19.4 Å². The molecule has 4 nitrogen and oxygen atoms in total. The maximum atomic E-state index is 11.3. The van der Waals surface area contributed by atoms with E-state index in [-0.39, 0.29) is 17.5 Å². The van der Waals surface area contributed by atoms with Crippen LogP contribution in [0.1, 0.15) is 68.2 Å². The average molecular weight is 274 g/mol. The highest BCUT2D eigenvalue weighted by atomic mass is 16.5. The first kappa shape index (κ1) is 20.3. The van der Waals surface area contributed by atoms with Gasteiger partial charge in [0.15, 0.2) is 0 Å². The molecular formula is C15H30O4. The highest BCUT2D eigenvalue weighted by Crippen LogP contribution is 2.22. The van der Waals surface area contributed by atoms with Crippen LogP contribution in [-0.2, 0) is 14.3 Å². The van der Waals surface area contributed by atoms with E-state index in [1.54, 1.807) is 13.8 Å². The number of carbonyl (C=O) groups excluding carboxylic acids is 1. The molecule has 0 heterocycles. The number of aliphatic carboxylic acids is 1. The number of rotatable bonds is 5. The summed E-state index contributed by atoms with van der Waals surface area (Å²) in [6.07, 6.45) is 1.49. The topological polar surface area (TPSA) is 63.6 Å². The second-order valence-corrected chi connectivity index (χ2v) is 6.23. The molecule has 0 bridgehead atoms. The largest absolute Gasteiger partial charge is 0.481 e. The molecule has 0 spiro atoms. The molecule has 0 radical (unpaired) electrons. The Morgan fingerprint density at radius 2 is 1.37 bits per heavy atom. The predicted molar refractivity (Wildman–Crippen MR) is 77.0 cm³/mol. The number of carboxylic acid groups (broad SMARTS) is 1. The van der Waals surface area contributed by atoms with Gasteiger partial charge in [0.05, 0.1) is 16.9 Å². The molecule has 0 unspecified atom stereocenters. The molecule has 0 aliphatic rings. The first-order valence-electron chi connectivity index (χ1n) is 6.85. The maximum absolute atomic E-state index is 11.3. The monoisotopic (exact) mass is 274 g/mol. The Bertz CT molecular complexity index is 291. The van der Waals surface area contributed by atoms with E-state index in [0.29, 0.717) is 6.42 Å². The van der Waals surface area contributed by atoms with Crippen LogP contribution in [0.4, 0.5) is 0 Å². The average Bonchev–Trinajstić information content (AvgIpc) is 2.28. The first-order valence-corrected chi connectivity index (χ1v) is 6.85. The summed E-state index contributed by atoms with van der Waals surface area (Å²) < 4.78 is 5.07. The van der Waals surface area contributed by atoms with Crippen LogP contribution in [0.5, 0.6) is 0 Å². The quantitative estimate of drug-likeness (QED) is 0.773. The summed E-state index contributed by atoms with van der Waals surface area (Å²) in [5, 5.41) is 8.44. The lowest BCUT2D eigenvalue weighted by Crippen LogP contribution is -2.28. The molecular weight excluding hydrogens is 244 g/mol. The fourth-order valence-corrected chi connectivity index (χ4v) is 0.669. The minimum absolute atomic E-state index is 0.00618. The molecule has 4 heteroatoms. The van der Waals surface area contributed by atoms with Crippen LogP contribution in [0.25, 0.3) is 0 Å². The number of hydrogen-bond acceptors (Lipinski definition) is 3. The minimum atomic E-state index is -0.722. The number of carbonyl (C=O) groups is 2. The van der Waals surface area contributed by atoms with Crippen molar-refractivity contribution in [2.45, 2.75) is 74.3 Å². The van der Waals surface area contributed by atoms with Gasteiger partial charge in [0.2, 0.25) is 0 Å². The Morgan fingerprint density at radius 3 is 1.53 bits per heavy atom. The molecule has 0 saturated heterocycles. The van der Waals surface area contributed by atoms with Crippen molar-refractivity contribution in [1.29, 1.82) is 0 Å². The van der Waals surface area contributed by atoms with Gasteiger partial charge in [0.1, 0.15) is 0 Å². The van der Waals surface area contributed by atoms with Gasteiger partial charge >= 0.3 is 11.9 Å². The Hall–Kier alpha value is -1.06. The molecule has 0 aromatic heterocycles. The third-order valence-electron chi connectivity index (χ3n) is 3.24. The van der Waals surface area contributed by atoms with Crippen LogP contribution in [0.15, 0.2) is 0 Å². The molecule has 0 atom stereocenters. The van der Waals surface area contributed by atoms with E-state index in [1.165, 1.54) is 0 Å². The summed E-state index contributed by atoms with van der Waals surface area (Å²) >= 11 is 0. The van der Waals surface area contributed by atoms with Crippen LogP contribution in [0.2, 0.25) is 0 Å². The van der Waals surface area contributed by atoms with Gasteiger partial charge in [-0.3, -0.25) is 9.59 Å². The minimum Gasteiger partial charge on any atom is -0.481 e. The smallest absolute Gasteiger partial charge is 0.311 e. The van der Waals surface area contributed by atoms with Crippen LogP contribution in [0.3, 0.4) is 0 Å². The van der Waals surface area contributed by atoms with Crippen molar-refractivity contribution in [1.82, 2.24) is 0 Å². The molecule has 0 aliphatic heterocycles. The van der Waals surface area contributed by atoms with Gasteiger partial charge in [-0.05, 0) is 54.4 Å². The first-order chi connectivity index (χ1) is 8.40. The fourth-order valence-electron chi connectivity index (χ4n) is 0.669. The molecule has 0 saturated carbocycles. The molecule has 0 aromatic carbocycles. The van der Waals surface area contributed by atoms with Crippen LogP contribution in [0, 0.1) is 10.8 Å². The molecule has 0 aliphatic carbocycles. The zero-order chi connectivity index (χ0) is 15.9. The highest BCUT2D eigenvalue weighted by Gasteiger charge is 2.27. The van der Waals surface area contributed by atoms with Crippen molar-refractivity contribution in [3.8, 4) is 0 Å². The SMILES string of the molecule is CCC(C)(C)C(=O)O.CCC(C)(C)C(=O)OC(C)C. The normalized spacial score (nSPS) is 11.6. The number of carboxylic acids is 1. The molecule has 19 heavy (non-hydrogen) atoms. The Labute approximate surface area is 117 Å². The second kappa shape index (κ2) is 8.18. The predicted octanol–water partition coefficient (Wildman–Crippen LogP) is 3.88. The fraction of sp³-hybridized carbons (Fsp3) is 0.867. The van der Waals surface area contributed by atoms with Crippen LogP contribution in [-0.4, -0.2) is 23.1 Å².